The van der Waals surface area contributed by atoms with E-state index < -0.39 is 35.0 Å². The van der Waals surface area contributed by atoms with Crippen molar-refractivity contribution in [2.24, 2.45) is 5.92 Å². The number of methoxy groups -OCH3 is 3. The van der Waals surface area contributed by atoms with Gasteiger partial charge in [0.15, 0.2) is 5.75 Å². The van der Waals surface area contributed by atoms with Gasteiger partial charge in [0.1, 0.15) is 27.8 Å². The van der Waals surface area contributed by atoms with E-state index in [2.05, 4.69) is 5.32 Å². The number of rotatable bonds is 4. The number of phenols is 1. The fourth-order valence-corrected chi connectivity index (χ4v) is 6.15. The van der Waals surface area contributed by atoms with Crippen molar-refractivity contribution in [3.05, 3.63) is 68.0 Å². The molecule has 204 valence electrons. The molecule has 2 N–H and O–H groups in total. The molecule has 5 rings (SSSR count). The Labute approximate surface area is 234 Å². The number of esters is 1. The number of hydrogen-bond acceptors (Lipinski definition) is 9. The second-order valence-electron chi connectivity index (χ2n) is 9.59. The van der Waals surface area contributed by atoms with Gasteiger partial charge < -0.3 is 29.4 Å². The lowest BCUT2D eigenvalue weighted by Crippen LogP contribution is -2.58. The summed E-state index contributed by atoms with van der Waals surface area (Å²) in [7, 11) is 4.04. The van der Waals surface area contributed by atoms with Gasteiger partial charge in [-0.25, -0.2) is 4.79 Å². The van der Waals surface area contributed by atoms with Crippen LogP contribution in [0.3, 0.4) is 0 Å². The third kappa shape index (κ3) is 3.71. The molecular formula is C28H25Cl2NO8. The Kier molecular flexibility index (Phi) is 6.55. The molecule has 0 saturated heterocycles. The van der Waals surface area contributed by atoms with E-state index in [-0.39, 0.29) is 56.2 Å². The highest BCUT2D eigenvalue weighted by Crippen LogP contribution is 2.56. The Morgan fingerprint density at radius 1 is 1.10 bits per heavy atom. The molecule has 3 unspecified atom stereocenters. The summed E-state index contributed by atoms with van der Waals surface area (Å²) in [4.78, 5) is 41.8. The van der Waals surface area contributed by atoms with Crippen LogP contribution in [0.4, 0.5) is 0 Å². The summed E-state index contributed by atoms with van der Waals surface area (Å²) in [6.07, 6.45) is 0.242. The SMILES string of the molecule is COC(=O)C1=C(C)NC2=C(C(=O)C3(Oc4c(Cl)c(OC)cc(OC)c4C3=O)C(C)C2)C1c1ccc(O)c(Cl)c1. The van der Waals surface area contributed by atoms with Crippen LogP contribution in [-0.2, 0) is 14.3 Å². The standard InChI is InChI=1S/C28H25Cl2NO8/c1-11-8-15-21(20(13-6-7-16(32)14(29)9-13)19(12(2)31-15)27(35)38-5)25(33)28(11)26(34)22-17(36-3)10-18(37-4)23(30)24(22)39-28/h6-7,9-11,20,31-32H,8H2,1-5H3. The minimum atomic E-state index is -1.97. The largest absolute Gasteiger partial charge is 0.506 e. The maximum Gasteiger partial charge on any atom is 0.336 e. The number of Topliss-reactive ketones (excluding diaryl/α,β-unsaturated/α-hetero) is 2. The van der Waals surface area contributed by atoms with E-state index in [1.807, 2.05) is 0 Å². The zero-order valence-electron chi connectivity index (χ0n) is 21.7. The number of dihydropyridines is 1. The van der Waals surface area contributed by atoms with Gasteiger partial charge in [-0.15, -0.1) is 0 Å². The first-order valence-electron chi connectivity index (χ1n) is 12.0. The average molecular weight is 574 g/mol. The summed E-state index contributed by atoms with van der Waals surface area (Å²) in [5.41, 5.74) is -0.134. The lowest BCUT2D eigenvalue weighted by molar-refractivity contribution is -0.136. The van der Waals surface area contributed by atoms with Gasteiger partial charge in [0.2, 0.25) is 17.2 Å². The number of nitrogens with one attached hydrogen (secondary N) is 1. The summed E-state index contributed by atoms with van der Waals surface area (Å²) in [6, 6.07) is 5.88. The average Bonchev–Trinajstić information content (AvgIpc) is 3.23. The number of ketones is 2. The van der Waals surface area contributed by atoms with Crippen LogP contribution in [0.1, 0.15) is 42.1 Å². The molecule has 0 bridgehead atoms. The van der Waals surface area contributed by atoms with Crippen molar-refractivity contribution >= 4 is 40.7 Å². The highest BCUT2D eigenvalue weighted by atomic mass is 35.5. The summed E-state index contributed by atoms with van der Waals surface area (Å²) in [5.74, 6) is -3.29. The molecule has 2 aliphatic heterocycles. The molecule has 2 aromatic carbocycles. The van der Waals surface area contributed by atoms with Crippen molar-refractivity contribution in [3.8, 4) is 23.0 Å². The van der Waals surface area contributed by atoms with Gasteiger partial charge in [-0.3, -0.25) is 9.59 Å². The third-order valence-corrected chi connectivity index (χ3v) is 8.22. The summed E-state index contributed by atoms with van der Waals surface area (Å²) in [6.45, 7) is 3.45. The normalized spacial score (nSPS) is 23.8. The Hall–Kier alpha value is -3.69. The highest BCUT2D eigenvalue weighted by molar-refractivity contribution is 6.36. The number of carbonyl (C=O) groups excluding carboxylic acids is 3. The molecule has 0 amide bonds. The number of allylic oxidation sites excluding steroid dienone is 2. The first-order chi connectivity index (χ1) is 18.5. The van der Waals surface area contributed by atoms with Gasteiger partial charge in [0.25, 0.3) is 0 Å². The van der Waals surface area contributed by atoms with Gasteiger partial charge in [-0.1, -0.05) is 36.2 Å². The first-order valence-corrected chi connectivity index (χ1v) is 12.8. The minimum absolute atomic E-state index is 0.00460. The van der Waals surface area contributed by atoms with E-state index in [0.717, 1.165) is 0 Å². The van der Waals surface area contributed by atoms with Crippen molar-refractivity contribution in [1.29, 1.82) is 0 Å². The van der Waals surface area contributed by atoms with Crippen LogP contribution in [0.25, 0.3) is 0 Å². The van der Waals surface area contributed by atoms with Crippen LogP contribution in [0.5, 0.6) is 23.0 Å². The summed E-state index contributed by atoms with van der Waals surface area (Å²) in [5, 5.41) is 13.3. The van der Waals surface area contributed by atoms with Gasteiger partial charge >= 0.3 is 5.97 Å². The fraction of sp³-hybridized carbons (Fsp3) is 0.321. The smallest absolute Gasteiger partial charge is 0.336 e. The van der Waals surface area contributed by atoms with Crippen LogP contribution in [0, 0.1) is 5.92 Å². The van der Waals surface area contributed by atoms with Crippen LogP contribution in [0.15, 0.2) is 46.8 Å². The fourth-order valence-electron chi connectivity index (χ4n) is 5.69. The molecule has 1 spiro atoms. The molecule has 9 nitrogen and oxygen atoms in total. The van der Waals surface area contributed by atoms with Crippen LogP contribution in [-0.4, -0.2) is 49.6 Å². The molecule has 0 saturated carbocycles. The number of halogens is 2. The van der Waals surface area contributed by atoms with Crippen molar-refractivity contribution < 1.29 is 38.4 Å². The van der Waals surface area contributed by atoms with Crippen molar-refractivity contribution in [2.75, 3.05) is 21.3 Å². The van der Waals surface area contributed by atoms with E-state index in [4.69, 9.17) is 42.1 Å². The molecule has 39 heavy (non-hydrogen) atoms. The van der Waals surface area contributed by atoms with Gasteiger partial charge in [-0.05, 0) is 31.0 Å². The molecule has 3 atom stereocenters. The second-order valence-corrected chi connectivity index (χ2v) is 10.4. The predicted molar refractivity (Wildman–Crippen MR) is 142 cm³/mol. The molecule has 2 aromatic rings. The first kappa shape index (κ1) is 26.9. The Morgan fingerprint density at radius 2 is 1.79 bits per heavy atom. The van der Waals surface area contributed by atoms with Crippen LogP contribution in [0.2, 0.25) is 10.0 Å². The molecule has 0 radical (unpaired) electrons. The number of aromatic hydroxyl groups is 1. The predicted octanol–water partition coefficient (Wildman–Crippen LogP) is 4.73. The second kappa shape index (κ2) is 9.50. The van der Waals surface area contributed by atoms with Crippen molar-refractivity contribution in [3.63, 3.8) is 0 Å². The molecular weight excluding hydrogens is 549 g/mol. The minimum Gasteiger partial charge on any atom is -0.506 e. The van der Waals surface area contributed by atoms with E-state index in [0.29, 0.717) is 17.0 Å². The van der Waals surface area contributed by atoms with Crippen LogP contribution >= 0.6 is 23.2 Å². The van der Waals surface area contributed by atoms with Crippen LogP contribution < -0.4 is 19.5 Å². The maximum atomic E-state index is 14.6. The quantitative estimate of drug-likeness (QED) is 0.395. The lowest BCUT2D eigenvalue weighted by atomic mass is 9.65. The number of carbonyl (C=O) groups is 3. The zero-order chi connectivity index (χ0) is 28.4. The highest BCUT2D eigenvalue weighted by Gasteiger charge is 2.63. The van der Waals surface area contributed by atoms with E-state index in [1.54, 1.807) is 19.9 Å². The van der Waals surface area contributed by atoms with Gasteiger partial charge in [0.05, 0.1) is 31.9 Å². The van der Waals surface area contributed by atoms with Gasteiger partial charge in [-0.2, -0.15) is 0 Å². The van der Waals surface area contributed by atoms with Crippen molar-refractivity contribution in [2.45, 2.75) is 31.8 Å². The van der Waals surface area contributed by atoms with E-state index in [1.165, 1.54) is 39.5 Å². The topological polar surface area (TPSA) is 120 Å². The molecule has 11 heteroatoms. The number of hydrogen-bond donors (Lipinski definition) is 2. The molecule has 3 aliphatic rings. The van der Waals surface area contributed by atoms with E-state index in [9.17, 15) is 19.5 Å². The molecule has 0 aromatic heterocycles. The van der Waals surface area contributed by atoms with Gasteiger partial charge in [0, 0.05) is 34.9 Å². The maximum absolute atomic E-state index is 14.6. The number of phenolic OH excluding ortho intramolecular Hbond substituents is 1. The number of fused-ring (bicyclic) bond motifs is 1. The third-order valence-electron chi connectivity index (χ3n) is 7.56. The monoisotopic (exact) mass is 573 g/mol. The Bertz CT molecular complexity index is 1530. The number of ether oxygens (including phenoxy) is 4. The van der Waals surface area contributed by atoms with Crippen molar-refractivity contribution in [1.82, 2.24) is 5.32 Å². The lowest BCUT2D eigenvalue weighted by Gasteiger charge is -2.42. The molecule has 1 aliphatic carbocycles. The van der Waals surface area contributed by atoms with E-state index >= 15 is 0 Å². The molecule has 2 heterocycles. The summed E-state index contributed by atoms with van der Waals surface area (Å²) >= 11 is 12.8. The molecule has 0 fully saturated rings. The Balaban J connectivity index is 1.73. The number of benzene rings is 2. The Morgan fingerprint density at radius 3 is 2.41 bits per heavy atom. The summed E-state index contributed by atoms with van der Waals surface area (Å²) < 4.78 is 22.1. The zero-order valence-corrected chi connectivity index (χ0v) is 23.2.